The third kappa shape index (κ3) is 4.63. The van der Waals surface area contributed by atoms with Crippen LogP contribution >= 0.6 is 22.7 Å². The van der Waals surface area contributed by atoms with Crippen molar-refractivity contribution in [3.05, 3.63) is 142 Å². The summed E-state index contributed by atoms with van der Waals surface area (Å²) < 4.78 is 27.9. The van der Waals surface area contributed by atoms with Crippen molar-refractivity contribution in [2.45, 2.75) is 25.5 Å². The Balaban J connectivity index is 1.29. The summed E-state index contributed by atoms with van der Waals surface area (Å²) in [6, 6.07) is 24.4. The molecule has 2 aliphatic rings. The summed E-state index contributed by atoms with van der Waals surface area (Å²) in [5.41, 5.74) is 5.85. The number of thiazole rings is 1. The lowest BCUT2D eigenvalue weighted by atomic mass is 9.85. The van der Waals surface area contributed by atoms with E-state index in [4.69, 9.17) is 14.5 Å². The zero-order chi connectivity index (χ0) is 27.9. The molecule has 3 aromatic carbocycles. The van der Waals surface area contributed by atoms with Crippen LogP contribution in [0.5, 0.6) is 11.5 Å². The van der Waals surface area contributed by atoms with E-state index in [2.05, 4.69) is 35.7 Å². The van der Waals surface area contributed by atoms with E-state index < -0.39 is 0 Å². The van der Waals surface area contributed by atoms with Gasteiger partial charge >= 0.3 is 0 Å². The summed E-state index contributed by atoms with van der Waals surface area (Å²) in [5, 5.41) is 2.06. The van der Waals surface area contributed by atoms with Crippen LogP contribution in [-0.4, -0.2) is 11.7 Å². The molecule has 0 radical (unpaired) electrons. The van der Waals surface area contributed by atoms with Crippen LogP contribution in [0, 0.1) is 5.82 Å². The third-order valence-corrected chi connectivity index (χ3v) is 9.42. The molecule has 5 nitrogen and oxygen atoms in total. The van der Waals surface area contributed by atoms with Crippen LogP contribution in [0.15, 0.2) is 99.6 Å². The van der Waals surface area contributed by atoms with Crippen LogP contribution in [0.4, 0.5) is 4.39 Å². The van der Waals surface area contributed by atoms with Gasteiger partial charge in [0.05, 0.1) is 23.4 Å². The van der Waals surface area contributed by atoms with Crippen molar-refractivity contribution < 1.29 is 13.9 Å². The van der Waals surface area contributed by atoms with Crippen molar-refractivity contribution in [2.24, 2.45) is 4.99 Å². The third-order valence-electron chi connectivity index (χ3n) is 7.51. The molecule has 1 aliphatic carbocycles. The maximum absolute atomic E-state index is 14.0. The second kappa shape index (κ2) is 10.6. The quantitative estimate of drug-likeness (QED) is 0.244. The van der Waals surface area contributed by atoms with Gasteiger partial charge in [0.1, 0.15) is 12.4 Å². The van der Waals surface area contributed by atoms with Crippen LogP contribution in [0.1, 0.15) is 39.6 Å². The molecule has 3 heterocycles. The Morgan fingerprint density at radius 3 is 2.71 bits per heavy atom. The standard InChI is InChI=1S/C33H25FN2O3S2/c1-38-27-17-20(12-15-26(27)39-19-22-8-3-5-10-25(22)34)18-29-32(37)36-31(28-11-6-16-40-28)24-14-13-21-7-2-4-9-23(21)30(24)35-33(36)41-29/h2-12,15-18,31H,13-14,19H2,1H3/b29-18-. The SMILES string of the molecule is COc1cc(/C=c2\sc3n(c2=O)C(c2cccs2)C2=C(N=3)c3ccccc3CC2)ccc1OCc1ccccc1F. The Bertz CT molecular complexity index is 1990. The number of hydrogen-bond donors (Lipinski definition) is 0. The van der Waals surface area contributed by atoms with Gasteiger partial charge in [0.2, 0.25) is 0 Å². The predicted molar refractivity (Wildman–Crippen MR) is 161 cm³/mol. The first-order chi connectivity index (χ1) is 20.1. The second-order valence-corrected chi connectivity index (χ2v) is 11.9. The number of fused-ring (bicyclic) bond motifs is 3. The fraction of sp³-hybridized carbons (Fsp3) is 0.152. The molecule has 1 aliphatic heterocycles. The number of hydrogen-bond acceptors (Lipinski definition) is 6. The molecule has 0 fully saturated rings. The molecule has 0 amide bonds. The smallest absolute Gasteiger partial charge is 0.271 e. The van der Waals surface area contributed by atoms with Gasteiger partial charge in [0, 0.05) is 16.0 Å². The number of aromatic nitrogens is 1. The average Bonchev–Trinajstić information content (AvgIpc) is 3.64. The number of allylic oxidation sites excluding steroid dienone is 1. The van der Waals surface area contributed by atoms with Crippen molar-refractivity contribution >= 4 is 34.4 Å². The van der Waals surface area contributed by atoms with E-state index in [0.29, 0.717) is 26.4 Å². The van der Waals surface area contributed by atoms with E-state index in [-0.39, 0.29) is 24.0 Å². The molecule has 1 unspecified atom stereocenters. The second-order valence-electron chi connectivity index (χ2n) is 9.92. The number of aryl methyl sites for hydroxylation is 1. The van der Waals surface area contributed by atoms with Crippen molar-refractivity contribution in [1.29, 1.82) is 0 Å². The highest BCUT2D eigenvalue weighted by atomic mass is 32.1. The van der Waals surface area contributed by atoms with Crippen LogP contribution in [0.3, 0.4) is 0 Å². The highest BCUT2D eigenvalue weighted by Gasteiger charge is 2.33. The lowest BCUT2D eigenvalue weighted by molar-refractivity contribution is 0.279. The summed E-state index contributed by atoms with van der Waals surface area (Å²) in [5.74, 6) is 0.689. The Kier molecular flexibility index (Phi) is 6.65. The van der Waals surface area contributed by atoms with Gasteiger partial charge in [-0.3, -0.25) is 9.36 Å². The Morgan fingerprint density at radius 2 is 1.88 bits per heavy atom. The topological polar surface area (TPSA) is 52.8 Å². The average molecular weight is 581 g/mol. The molecule has 0 saturated heterocycles. The predicted octanol–water partition coefficient (Wildman–Crippen LogP) is 6.11. The fourth-order valence-electron chi connectivity index (χ4n) is 5.53. The van der Waals surface area contributed by atoms with E-state index >= 15 is 0 Å². The van der Waals surface area contributed by atoms with E-state index in [9.17, 15) is 9.18 Å². The minimum atomic E-state index is -0.315. The fourth-order valence-corrected chi connectivity index (χ4v) is 7.38. The molecule has 5 aromatic rings. The largest absolute Gasteiger partial charge is 0.493 e. The zero-order valence-corrected chi connectivity index (χ0v) is 23.8. The molecular weight excluding hydrogens is 556 g/mol. The molecular formula is C33H25FN2O3S2. The van der Waals surface area contributed by atoms with Crippen LogP contribution in [0.2, 0.25) is 0 Å². The maximum atomic E-state index is 14.0. The number of nitrogens with zero attached hydrogens (tertiary/aromatic N) is 2. The summed E-state index contributed by atoms with van der Waals surface area (Å²) in [6.07, 6.45) is 3.67. The summed E-state index contributed by atoms with van der Waals surface area (Å²) in [6.45, 7) is 0.0808. The van der Waals surface area contributed by atoms with Gasteiger partial charge in [0.25, 0.3) is 5.56 Å². The van der Waals surface area contributed by atoms with Crippen LogP contribution in [-0.2, 0) is 13.0 Å². The van der Waals surface area contributed by atoms with Gasteiger partial charge in [-0.2, -0.15) is 0 Å². The zero-order valence-electron chi connectivity index (χ0n) is 22.2. The molecule has 0 N–H and O–H groups in total. The molecule has 7 rings (SSSR count). The molecule has 0 spiro atoms. The normalized spacial score (nSPS) is 16.0. The van der Waals surface area contributed by atoms with E-state index in [0.717, 1.165) is 34.5 Å². The first-order valence-electron chi connectivity index (χ1n) is 13.3. The number of halogens is 1. The highest BCUT2D eigenvalue weighted by Crippen LogP contribution is 2.42. The molecule has 1 atom stereocenters. The Labute approximate surface area is 243 Å². The Hall–Kier alpha value is -4.27. The molecule has 0 bridgehead atoms. The van der Waals surface area contributed by atoms with Gasteiger partial charge in [-0.15, -0.1) is 11.3 Å². The maximum Gasteiger partial charge on any atom is 0.271 e. The van der Waals surface area contributed by atoms with Gasteiger partial charge in [0.15, 0.2) is 16.3 Å². The summed E-state index contributed by atoms with van der Waals surface area (Å²) in [7, 11) is 1.56. The first-order valence-corrected chi connectivity index (χ1v) is 15.0. The van der Waals surface area contributed by atoms with E-state index in [1.54, 1.807) is 42.7 Å². The van der Waals surface area contributed by atoms with Crippen molar-refractivity contribution in [1.82, 2.24) is 4.57 Å². The molecule has 204 valence electrons. The van der Waals surface area contributed by atoms with Crippen molar-refractivity contribution in [3.8, 4) is 11.5 Å². The highest BCUT2D eigenvalue weighted by molar-refractivity contribution is 7.10. The van der Waals surface area contributed by atoms with E-state index in [1.807, 2.05) is 28.8 Å². The number of ether oxygens (including phenoxy) is 2. The molecule has 8 heteroatoms. The lowest BCUT2D eigenvalue weighted by Crippen LogP contribution is -2.38. The number of rotatable bonds is 6. The van der Waals surface area contributed by atoms with Gasteiger partial charge < -0.3 is 9.47 Å². The van der Waals surface area contributed by atoms with Crippen molar-refractivity contribution in [2.75, 3.05) is 7.11 Å². The van der Waals surface area contributed by atoms with Crippen LogP contribution in [0.25, 0.3) is 11.8 Å². The first kappa shape index (κ1) is 25.7. The summed E-state index contributed by atoms with van der Waals surface area (Å²) in [4.78, 5) is 20.8. The number of methoxy groups -OCH3 is 1. The van der Waals surface area contributed by atoms with Gasteiger partial charge in [-0.1, -0.05) is 65.9 Å². The lowest BCUT2D eigenvalue weighted by Gasteiger charge is -2.30. The van der Waals surface area contributed by atoms with E-state index in [1.165, 1.54) is 28.5 Å². The van der Waals surface area contributed by atoms with Crippen LogP contribution < -0.4 is 24.4 Å². The minimum Gasteiger partial charge on any atom is -0.493 e. The number of benzene rings is 3. The molecule has 2 aromatic heterocycles. The molecule has 0 saturated carbocycles. The minimum absolute atomic E-state index is 0.0589. The summed E-state index contributed by atoms with van der Waals surface area (Å²) >= 11 is 3.07. The molecule has 41 heavy (non-hydrogen) atoms. The van der Waals surface area contributed by atoms with Gasteiger partial charge in [-0.25, -0.2) is 9.38 Å². The Morgan fingerprint density at radius 1 is 1.02 bits per heavy atom. The van der Waals surface area contributed by atoms with Crippen molar-refractivity contribution in [3.63, 3.8) is 0 Å². The van der Waals surface area contributed by atoms with Gasteiger partial charge in [-0.05, 0) is 65.3 Å². The monoisotopic (exact) mass is 580 g/mol. The number of thiophene rings is 1.